The van der Waals surface area contributed by atoms with Crippen LogP contribution in [0.1, 0.15) is 41.8 Å². The smallest absolute Gasteiger partial charge is 0.230 e. The van der Waals surface area contributed by atoms with E-state index in [-0.39, 0.29) is 17.2 Å². The third-order valence-electron chi connectivity index (χ3n) is 6.59. The SMILES string of the molecule is Cc1noc(C)c1CCC(=O)N1CCC2(CCN(CCc3ccccc3)C2=O)C1. The van der Waals surface area contributed by atoms with Gasteiger partial charge < -0.3 is 14.3 Å². The van der Waals surface area contributed by atoms with Crippen LogP contribution in [-0.2, 0) is 22.4 Å². The van der Waals surface area contributed by atoms with Gasteiger partial charge in [-0.2, -0.15) is 0 Å². The lowest BCUT2D eigenvalue weighted by Crippen LogP contribution is -2.39. The first kappa shape index (κ1) is 19.7. The van der Waals surface area contributed by atoms with E-state index in [4.69, 9.17) is 4.52 Å². The molecule has 1 atom stereocenters. The minimum Gasteiger partial charge on any atom is -0.361 e. The number of benzene rings is 1. The Bertz CT molecular complexity index is 873. The van der Waals surface area contributed by atoms with Gasteiger partial charge in [0.15, 0.2) is 0 Å². The van der Waals surface area contributed by atoms with Gasteiger partial charge in [-0.25, -0.2) is 0 Å². The molecule has 1 aromatic heterocycles. The van der Waals surface area contributed by atoms with Gasteiger partial charge in [0.1, 0.15) is 5.76 Å². The molecule has 2 amide bonds. The van der Waals surface area contributed by atoms with Crippen molar-refractivity contribution in [1.29, 1.82) is 0 Å². The first-order valence-corrected chi connectivity index (χ1v) is 10.5. The molecule has 0 saturated carbocycles. The standard InChI is InChI=1S/C23H29N3O3/c1-17-20(18(2)29-24-17)8-9-21(27)26-15-12-23(16-26)11-14-25(22(23)28)13-10-19-6-4-3-5-7-19/h3-7H,8-16H2,1-2H3. The molecule has 0 N–H and O–H groups in total. The van der Waals surface area contributed by atoms with Gasteiger partial charge in [-0.3, -0.25) is 9.59 Å². The maximum absolute atomic E-state index is 13.1. The number of amides is 2. The highest BCUT2D eigenvalue weighted by Gasteiger charge is 2.51. The predicted octanol–water partition coefficient (Wildman–Crippen LogP) is 2.92. The van der Waals surface area contributed by atoms with Crippen molar-refractivity contribution in [1.82, 2.24) is 15.0 Å². The van der Waals surface area contributed by atoms with E-state index in [0.29, 0.717) is 25.9 Å². The van der Waals surface area contributed by atoms with E-state index < -0.39 is 0 Å². The molecular formula is C23H29N3O3. The van der Waals surface area contributed by atoms with Crippen LogP contribution in [0.3, 0.4) is 0 Å². The number of likely N-dealkylation sites (tertiary alicyclic amines) is 2. The highest BCUT2D eigenvalue weighted by atomic mass is 16.5. The summed E-state index contributed by atoms with van der Waals surface area (Å²) >= 11 is 0. The van der Waals surface area contributed by atoms with Crippen LogP contribution in [0.5, 0.6) is 0 Å². The van der Waals surface area contributed by atoms with Crippen LogP contribution in [0.15, 0.2) is 34.9 Å². The molecule has 2 aromatic rings. The van der Waals surface area contributed by atoms with Crippen LogP contribution in [-0.4, -0.2) is 52.9 Å². The average Bonchev–Trinajstić information content (AvgIpc) is 3.40. The Hall–Kier alpha value is -2.63. The number of nitrogens with zero attached hydrogens (tertiary/aromatic N) is 3. The normalized spacial score (nSPS) is 21.5. The molecule has 0 bridgehead atoms. The van der Waals surface area contributed by atoms with Gasteiger partial charge in [0.05, 0.1) is 11.1 Å². The molecule has 4 rings (SSSR count). The third-order valence-corrected chi connectivity index (χ3v) is 6.59. The van der Waals surface area contributed by atoms with Crippen molar-refractivity contribution < 1.29 is 14.1 Å². The van der Waals surface area contributed by atoms with E-state index in [9.17, 15) is 9.59 Å². The Kier molecular flexibility index (Phi) is 5.43. The summed E-state index contributed by atoms with van der Waals surface area (Å²) in [5.74, 6) is 1.14. The number of carbonyl (C=O) groups excluding carboxylic acids is 2. The van der Waals surface area contributed by atoms with E-state index in [1.54, 1.807) is 0 Å². The number of carbonyl (C=O) groups is 2. The van der Waals surface area contributed by atoms with Crippen LogP contribution in [0.25, 0.3) is 0 Å². The predicted molar refractivity (Wildman–Crippen MR) is 109 cm³/mol. The fraction of sp³-hybridized carbons (Fsp3) is 0.522. The molecule has 2 fully saturated rings. The zero-order valence-corrected chi connectivity index (χ0v) is 17.3. The zero-order valence-electron chi connectivity index (χ0n) is 17.3. The summed E-state index contributed by atoms with van der Waals surface area (Å²) in [5.41, 5.74) is 2.77. The average molecular weight is 396 g/mol. The quantitative estimate of drug-likeness (QED) is 0.754. The summed E-state index contributed by atoms with van der Waals surface area (Å²) in [7, 11) is 0. The summed E-state index contributed by atoms with van der Waals surface area (Å²) in [6, 6.07) is 10.3. The largest absolute Gasteiger partial charge is 0.361 e. The lowest BCUT2D eigenvalue weighted by atomic mass is 9.85. The van der Waals surface area contributed by atoms with Crippen molar-refractivity contribution in [2.45, 2.75) is 46.0 Å². The number of rotatable bonds is 6. The van der Waals surface area contributed by atoms with Gasteiger partial charge in [0.2, 0.25) is 11.8 Å². The monoisotopic (exact) mass is 395 g/mol. The number of hydrogen-bond donors (Lipinski definition) is 0. The van der Waals surface area contributed by atoms with Gasteiger partial charge in [-0.15, -0.1) is 0 Å². The van der Waals surface area contributed by atoms with Crippen molar-refractivity contribution in [2.75, 3.05) is 26.2 Å². The molecule has 2 aliphatic heterocycles. The third kappa shape index (κ3) is 3.93. The fourth-order valence-electron chi connectivity index (χ4n) is 4.73. The molecule has 3 heterocycles. The number of aryl methyl sites for hydroxylation is 2. The molecule has 154 valence electrons. The maximum atomic E-state index is 13.1. The second-order valence-electron chi connectivity index (χ2n) is 8.43. The zero-order chi connectivity index (χ0) is 20.4. The highest BCUT2D eigenvalue weighted by Crippen LogP contribution is 2.41. The van der Waals surface area contributed by atoms with E-state index in [2.05, 4.69) is 17.3 Å². The maximum Gasteiger partial charge on any atom is 0.230 e. The topological polar surface area (TPSA) is 66.7 Å². The molecule has 1 unspecified atom stereocenters. The van der Waals surface area contributed by atoms with Crippen LogP contribution in [0.2, 0.25) is 0 Å². The number of aromatic nitrogens is 1. The number of hydrogen-bond acceptors (Lipinski definition) is 4. The van der Waals surface area contributed by atoms with Gasteiger partial charge >= 0.3 is 0 Å². The van der Waals surface area contributed by atoms with Crippen molar-refractivity contribution in [3.05, 3.63) is 52.9 Å². The second kappa shape index (κ2) is 8.01. The van der Waals surface area contributed by atoms with E-state index in [0.717, 1.165) is 49.4 Å². The van der Waals surface area contributed by atoms with Crippen molar-refractivity contribution in [3.8, 4) is 0 Å². The Morgan fingerprint density at radius 2 is 1.90 bits per heavy atom. The van der Waals surface area contributed by atoms with Gasteiger partial charge in [0.25, 0.3) is 0 Å². The van der Waals surface area contributed by atoms with Gasteiger partial charge in [-0.05, 0) is 45.1 Å². The molecule has 2 aliphatic rings. The molecule has 6 nitrogen and oxygen atoms in total. The van der Waals surface area contributed by atoms with Crippen molar-refractivity contribution >= 4 is 11.8 Å². The minimum absolute atomic E-state index is 0.123. The molecule has 1 aromatic carbocycles. The summed E-state index contributed by atoms with van der Waals surface area (Å²) in [6.07, 6.45) is 3.59. The second-order valence-corrected chi connectivity index (χ2v) is 8.43. The molecule has 6 heteroatoms. The Labute approximate surface area is 171 Å². The molecule has 29 heavy (non-hydrogen) atoms. The van der Waals surface area contributed by atoms with Crippen LogP contribution >= 0.6 is 0 Å². The van der Waals surface area contributed by atoms with Gasteiger partial charge in [-0.1, -0.05) is 35.5 Å². The van der Waals surface area contributed by atoms with Crippen molar-refractivity contribution in [2.24, 2.45) is 5.41 Å². The summed E-state index contributed by atoms with van der Waals surface area (Å²) in [5, 5.41) is 3.96. The summed E-state index contributed by atoms with van der Waals surface area (Å²) in [4.78, 5) is 29.7. The highest BCUT2D eigenvalue weighted by molar-refractivity contribution is 5.87. The first-order valence-electron chi connectivity index (χ1n) is 10.5. The Morgan fingerprint density at radius 3 is 2.62 bits per heavy atom. The van der Waals surface area contributed by atoms with E-state index >= 15 is 0 Å². The van der Waals surface area contributed by atoms with Crippen molar-refractivity contribution in [3.63, 3.8) is 0 Å². The molecule has 0 radical (unpaired) electrons. The summed E-state index contributed by atoms with van der Waals surface area (Å²) < 4.78 is 5.18. The molecule has 1 spiro atoms. The summed E-state index contributed by atoms with van der Waals surface area (Å²) in [6.45, 7) is 6.58. The molecular weight excluding hydrogens is 366 g/mol. The van der Waals surface area contributed by atoms with Crippen LogP contribution in [0.4, 0.5) is 0 Å². The lowest BCUT2D eigenvalue weighted by Gasteiger charge is -2.24. The Balaban J connectivity index is 1.31. The van der Waals surface area contributed by atoms with E-state index in [1.165, 1.54) is 5.56 Å². The molecule has 0 aliphatic carbocycles. The van der Waals surface area contributed by atoms with Crippen LogP contribution in [0, 0.1) is 19.3 Å². The van der Waals surface area contributed by atoms with E-state index in [1.807, 2.05) is 41.8 Å². The first-order chi connectivity index (χ1) is 14.0. The fourth-order valence-corrected chi connectivity index (χ4v) is 4.73. The minimum atomic E-state index is -0.366. The Morgan fingerprint density at radius 1 is 1.14 bits per heavy atom. The van der Waals surface area contributed by atoms with Crippen LogP contribution < -0.4 is 0 Å². The van der Waals surface area contributed by atoms with Gasteiger partial charge in [0, 0.05) is 38.2 Å². The molecule has 2 saturated heterocycles. The lowest BCUT2D eigenvalue weighted by molar-refractivity contribution is -0.136.